The van der Waals surface area contributed by atoms with E-state index in [4.69, 9.17) is 0 Å². The Hall–Kier alpha value is -0.490. The third-order valence-corrected chi connectivity index (χ3v) is 4.48. The summed E-state index contributed by atoms with van der Waals surface area (Å²) in [6.07, 6.45) is 3.13. The van der Waals surface area contributed by atoms with Crippen LogP contribution in [0.3, 0.4) is 0 Å². The molecule has 1 aromatic rings. The lowest BCUT2D eigenvalue weighted by Crippen LogP contribution is -2.48. The van der Waals surface area contributed by atoms with Crippen LogP contribution in [0.5, 0.6) is 0 Å². The third kappa shape index (κ3) is 3.88. The number of benzene rings is 1. The molecular formula is C15H21Cl2F3N2. The van der Waals surface area contributed by atoms with E-state index in [0.717, 1.165) is 45.4 Å². The number of hydrogen-bond donors (Lipinski definition) is 1. The van der Waals surface area contributed by atoms with Crippen molar-refractivity contribution in [1.82, 2.24) is 10.2 Å². The molecule has 7 heteroatoms. The van der Waals surface area contributed by atoms with Crippen molar-refractivity contribution in [2.24, 2.45) is 5.92 Å². The van der Waals surface area contributed by atoms with E-state index in [9.17, 15) is 13.2 Å². The molecule has 1 atom stereocenters. The molecular weight excluding hydrogens is 336 g/mol. The summed E-state index contributed by atoms with van der Waals surface area (Å²) in [5.41, 5.74) is 0.189. The van der Waals surface area contributed by atoms with Gasteiger partial charge in [0.2, 0.25) is 0 Å². The van der Waals surface area contributed by atoms with Gasteiger partial charge in [-0.25, -0.2) is 13.2 Å². The average Bonchev–Trinajstić information content (AvgIpc) is 2.39. The highest BCUT2D eigenvalue weighted by molar-refractivity contribution is 5.85. The summed E-state index contributed by atoms with van der Waals surface area (Å²) in [6, 6.07) is 1.59. The van der Waals surface area contributed by atoms with Crippen molar-refractivity contribution in [2.75, 3.05) is 26.2 Å². The van der Waals surface area contributed by atoms with Crippen LogP contribution in [-0.4, -0.2) is 31.1 Å². The Morgan fingerprint density at radius 2 is 1.68 bits per heavy atom. The maximum atomic E-state index is 14.1. The van der Waals surface area contributed by atoms with E-state index in [0.29, 0.717) is 12.0 Å². The molecule has 1 aliphatic heterocycles. The fourth-order valence-corrected chi connectivity index (χ4v) is 3.26. The zero-order chi connectivity index (χ0) is 14.1. The summed E-state index contributed by atoms with van der Waals surface area (Å²) in [5.74, 6) is -2.36. The Balaban J connectivity index is 0.00000121. The molecule has 126 valence electrons. The predicted molar refractivity (Wildman–Crippen MR) is 85.3 cm³/mol. The van der Waals surface area contributed by atoms with Gasteiger partial charge in [-0.3, -0.25) is 4.90 Å². The molecule has 1 heterocycles. The van der Waals surface area contributed by atoms with Gasteiger partial charge in [0.15, 0.2) is 11.6 Å². The molecule has 0 unspecified atom stereocenters. The highest BCUT2D eigenvalue weighted by Gasteiger charge is 2.36. The van der Waals surface area contributed by atoms with Crippen LogP contribution in [0.1, 0.15) is 30.9 Å². The zero-order valence-electron chi connectivity index (χ0n) is 12.2. The molecule has 1 aromatic carbocycles. The molecule has 1 aliphatic carbocycles. The molecule has 0 radical (unpaired) electrons. The number of rotatable bonds is 3. The average molecular weight is 357 g/mol. The van der Waals surface area contributed by atoms with Crippen molar-refractivity contribution < 1.29 is 13.2 Å². The molecule has 0 amide bonds. The standard InChI is InChI=1S/C15H19F3N2.2ClH/c16-11-8-12(14(18)13(17)9-11)15(10-2-1-3-10)20-6-4-19-5-7-20;;/h8-10,15,19H,1-7H2;2*1H/t15-;;/m1../s1. The molecule has 1 saturated heterocycles. The van der Waals surface area contributed by atoms with Crippen molar-refractivity contribution in [2.45, 2.75) is 25.3 Å². The van der Waals surface area contributed by atoms with Gasteiger partial charge in [0.25, 0.3) is 0 Å². The van der Waals surface area contributed by atoms with Gasteiger partial charge in [-0.1, -0.05) is 6.42 Å². The first-order chi connectivity index (χ1) is 9.66. The Morgan fingerprint density at radius 3 is 2.23 bits per heavy atom. The molecule has 1 saturated carbocycles. The Labute approximate surface area is 141 Å². The van der Waals surface area contributed by atoms with Gasteiger partial charge in [-0.05, 0) is 24.8 Å². The van der Waals surface area contributed by atoms with Crippen LogP contribution in [0.4, 0.5) is 13.2 Å². The second-order valence-electron chi connectivity index (χ2n) is 5.71. The van der Waals surface area contributed by atoms with Crippen LogP contribution in [-0.2, 0) is 0 Å². The lowest BCUT2D eigenvalue weighted by atomic mass is 9.76. The lowest BCUT2D eigenvalue weighted by molar-refractivity contribution is 0.0804. The van der Waals surface area contributed by atoms with Gasteiger partial charge in [-0.2, -0.15) is 0 Å². The van der Waals surface area contributed by atoms with Crippen molar-refractivity contribution in [1.29, 1.82) is 0 Å². The quantitative estimate of drug-likeness (QED) is 0.830. The second kappa shape index (κ2) is 8.39. The van der Waals surface area contributed by atoms with Crippen molar-refractivity contribution in [3.8, 4) is 0 Å². The summed E-state index contributed by atoms with van der Waals surface area (Å²) < 4.78 is 41.1. The first-order valence-electron chi connectivity index (χ1n) is 7.26. The SMILES string of the molecule is Cl.Cl.Fc1cc(F)c(F)c([C@@H](C2CCC2)N2CCNCC2)c1. The van der Waals surface area contributed by atoms with Crippen LogP contribution >= 0.6 is 24.8 Å². The fourth-order valence-electron chi connectivity index (χ4n) is 3.26. The lowest BCUT2D eigenvalue weighted by Gasteiger charge is -2.43. The van der Waals surface area contributed by atoms with Crippen molar-refractivity contribution >= 4 is 24.8 Å². The van der Waals surface area contributed by atoms with E-state index in [1.165, 1.54) is 6.07 Å². The number of nitrogens with one attached hydrogen (secondary N) is 1. The van der Waals surface area contributed by atoms with Gasteiger partial charge in [0.1, 0.15) is 5.82 Å². The zero-order valence-corrected chi connectivity index (χ0v) is 13.8. The minimum Gasteiger partial charge on any atom is -0.314 e. The monoisotopic (exact) mass is 356 g/mol. The molecule has 3 rings (SSSR count). The van der Waals surface area contributed by atoms with Gasteiger partial charge in [0, 0.05) is 43.9 Å². The number of halogens is 5. The van der Waals surface area contributed by atoms with Gasteiger partial charge >= 0.3 is 0 Å². The number of hydrogen-bond acceptors (Lipinski definition) is 2. The fraction of sp³-hybridized carbons (Fsp3) is 0.600. The van der Waals surface area contributed by atoms with Gasteiger partial charge in [0.05, 0.1) is 0 Å². The second-order valence-corrected chi connectivity index (χ2v) is 5.71. The van der Waals surface area contributed by atoms with E-state index in [1.807, 2.05) is 0 Å². The molecule has 1 N–H and O–H groups in total. The van der Waals surface area contributed by atoms with Crippen LogP contribution in [0.2, 0.25) is 0 Å². The minimum absolute atomic E-state index is 0. The van der Waals surface area contributed by atoms with Gasteiger partial charge < -0.3 is 5.32 Å². The van der Waals surface area contributed by atoms with Crippen LogP contribution in [0.15, 0.2) is 12.1 Å². The normalized spacial score (nSPS) is 20.5. The Bertz CT molecular complexity index is 492. The molecule has 22 heavy (non-hydrogen) atoms. The summed E-state index contributed by atoms with van der Waals surface area (Å²) >= 11 is 0. The molecule has 2 nitrogen and oxygen atoms in total. The van der Waals surface area contributed by atoms with E-state index in [1.54, 1.807) is 0 Å². The smallest absolute Gasteiger partial charge is 0.163 e. The first-order valence-corrected chi connectivity index (χ1v) is 7.26. The van der Waals surface area contributed by atoms with E-state index in [2.05, 4.69) is 10.2 Å². The van der Waals surface area contributed by atoms with Gasteiger partial charge in [-0.15, -0.1) is 24.8 Å². The van der Waals surface area contributed by atoms with E-state index in [-0.39, 0.29) is 36.4 Å². The maximum Gasteiger partial charge on any atom is 0.163 e. The minimum atomic E-state index is -1.08. The van der Waals surface area contributed by atoms with Crippen molar-refractivity contribution in [3.63, 3.8) is 0 Å². The highest BCUT2D eigenvalue weighted by Crippen LogP contribution is 2.42. The van der Waals surface area contributed by atoms with E-state index >= 15 is 0 Å². The largest absolute Gasteiger partial charge is 0.314 e. The number of piperazine rings is 1. The molecule has 2 aliphatic rings. The van der Waals surface area contributed by atoms with E-state index < -0.39 is 17.5 Å². The highest BCUT2D eigenvalue weighted by atomic mass is 35.5. The van der Waals surface area contributed by atoms with Crippen molar-refractivity contribution in [3.05, 3.63) is 35.1 Å². The summed E-state index contributed by atoms with van der Waals surface area (Å²) in [6.45, 7) is 3.25. The summed E-state index contributed by atoms with van der Waals surface area (Å²) in [7, 11) is 0. The van der Waals surface area contributed by atoms with Crippen LogP contribution in [0.25, 0.3) is 0 Å². The number of nitrogens with zero attached hydrogens (tertiary/aromatic N) is 1. The van der Waals surface area contributed by atoms with Crippen LogP contribution < -0.4 is 5.32 Å². The molecule has 0 bridgehead atoms. The first kappa shape index (κ1) is 19.6. The third-order valence-electron chi connectivity index (χ3n) is 4.48. The topological polar surface area (TPSA) is 15.3 Å². The predicted octanol–water partition coefficient (Wildman–Crippen LogP) is 3.69. The summed E-state index contributed by atoms with van der Waals surface area (Å²) in [5, 5.41) is 3.25. The molecule has 2 fully saturated rings. The van der Waals surface area contributed by atoms with Crippen LogP contribution in [0, 0.1) is 23.4 Å². The molecule has 0 aromatic heterocycles. The maximum absolute atomic E-state index is 14.1. The Morgan fingerprint density at radius 1 is 1.05 bits per heavy atom. The Kier molecular flexibility index (Phi) is 7.46. The molecule has 0 spiro atoms. The summed E-state index contributed by atoms with van der Waals surface area (Å²) in [4.78, 5) is 2.16.